The molecule has 1 heterocycles. The molecular formula is C20H19FN2O5S. The Hall–Kier alpha value is -3.33. The fraction of sp³-hybridized carbons (Fsp3) is 0.150. The number of benzene rings is 2. The largest absolute Gasteiger partial charge is 0.467 e. The molecule has 0 aliphatic heterocycles. The van der Waals surface area contributed by atoms with Gasteiger partial charge in [-0.05, 0) is 42.0 Å². The van der Waals surface area contributed by atoms with Crippen LogP contribution in [0.2, 0.25) is 0 Å². The molecule has 1 aromatic heterocycles. The zero-order chi connectivity index (χ0) is 20.9. The maximum Gasteiger partial charge on any atom is 0.322 e. The van der Waals surface area contributed by atoms with Gasteiger partial charge in [-0.1, -0.05) is 24.3 Å². The number of nitrogens with zero attached hydrogens (tertiary/aromatic N) is 1. The number of anilines is 1. The van der Waals surface area contributed by atoms with Crippen molar-refractivity contribution in [1.82, 2.24) is 4.90 Å². The lowest BCUT2D eigenvalue weighted by atomic mass is 10.2. The summed E-state index contributed by atoms with van der Waals surface area (Å²) in [7, 11) is -3.62. The molecule has 3 aromatic rings. The van der Waals surface area contributed by atoms with Crippen LogP contribution in [0.5, 0.6) is 5.75 Å². The van der Waals surface area contributed by atoms with Gasteiger partial charge < -0.3 is 18.8 Å². The average molecular weight is 418 g/mol. The molecule has 0 spiro atoms. The highest BCUT2D eigenvalue weighted by molar-refractivity contribution is 7.86. The van der Waals surface area contributed by atoms with Crippen molar-refractivity contribution in [3.8, 4) is 5.75 Å². The number of furan rings is 1. The molecule has 0 radical (unpaired) electrons. The lowest BCUT2D eigenvalue weighted by Crippen LogP contribution is -2.34. The first-order valence-electron chi connectivity index (χ1n) is 8.61. The fourth-order valence-electron chi connectivity index (χ4n) is 2.59. The van der Waals surface area contributed by atoms with Gasteiger partial charge in [-0.25, -0.2) is 9.18 Å². The highest BCUT2D eigenvalue weighted by atomic mass is 32.2. The molecule has 29 heavy (non-hydrogen) atoms. The minimum atomic E-state index is -3.62. The zero-order valence-electron chi connectivity index (χ0n) is 15.5. The van der Waals surface area contributed by atoms with Crippen molar-refractivity contribution in [1.29, 1.82) is 0 Å². The normalized spacial score (nSPS) is 11.1. The van der Waals surface area contributed by atoms with E-state index in [2.05, 4.69) is 5.32 Å². The number of para-hydroxylation sites is 1. The van der Waals surface area contributed by atoms with E-state index in [1.54, 1.807) is 30.3 Å². The summed E-state index contributed by atoms with van der Waals surface area (Å²) >= 11 is 0. The Kier molecular flexibility index (Phi) is 6.18. The SMILES string of the molecule is CS(=O)(=O)Oc1ccc(CN(Cc2ccco2)C(=O)Nc2ccccc2F)cc1. The van der Waals surface area contributed by atoms with Gasteiger partial charge in [0.15, 0.2) is 0 Å². The first-order chi connectivity index (χ1) is 13.8. The van der Waals surface area contributed by atoms with Crippen molar-refractivity contribution in [3.63, 3.8) is 0 Å². The number of carbonyl (C=O) groups excluding carboxylic acids is 1. The third-order valence-electron chi connectivity index (χ3n) is 3.87. The van der Waals surface area contributed by atoms with Gasteiger partial charge in [-0.3, -0.25) is 0 Å². The molecule has 0 aliphatic carbocycles. The van der Waals surface area contributed by atoms with E-state index in [1.165, 1.54) is 41.5 Å². The summed E-state index contributed by atoms with van der Waals surface area (Å²) in [4.78, 5) is 14.2. The Labute approximate surface area is 167 Å². The van der Waals surface area contributed by atoms with Crippen molar-refractivity contribution >= 4 is 21.8 Å². The first-order valence-corrected chi connectivity index (χ1v) is 10.4. The van der Waals surface area contributed by atoms with Gasteiger partial charge >= 0.3 is 16.1 Å². The number of carbonyl (C=O) groups is 1. The highest BCUT2D eigenvalue weighted by Gasteiger charge is 2.18. The topological polar surface area (TPSA) is 88.9 Å². The summed E-state index contributed by atoms with van der Waals surface area (Å²) in [6.07, 6.45) is 2.46. The Morgan fingerprint density at radius 2 is 1.79 bits per heavy atom. The Balaban J connectivity index is 1.76. The molecule has 152 valence electrons. The second-order valence-electron chi connectivity index (χ2n) is 6.28. The monoisotopic (exact) mass is 418 g/mol. The molecule has 2 aromatic carbocycles. The van der Waals surface area contributed by atoms with E-state index in [9.17, 15) is 17.6 Å². The smallest absolute Gasteiger partial charge is 0.322 e. The molecule has 9 heteroatoms. The molecule has 2 amide bonds. The van der Waals surface area contributed by atoms with E-state index < -0.39 is 22.0 Å². The Morgan fingerprint density at radius 1 is 1.07 bits per heavy atom. The third-order valence-corrected chi connectivity index (χ3v) is 4.37. The summed E-state index contributed by atoms with van der Waals surface area (Å²) in [6, 6.07) is 15.1. The summed E-state index contributed by atoms with van der Waals surface area (Å²) in [6.45, 7) is 0.342. The lowest BCUT2D eigenvalue weighted by molar-refractivity contribution is 0.201. The van der Waals surface area contributed by atoms with Crippen molar-refractivity contribution in [2.75, 3.05) is 11.6 Å². The van der Waals surface area contributed by atoms with Gasteiger partial charge in [-0.15, -0.1) is 0 Å². The van der Waals surface area contributed by atoms with Gasteiger partial charge in [0.05, 0.1) is 24.8 Å². The molecule has 0 fully saturated rings. The number of urea groups is 1. The van der Waals surface area contributed by atoms with Gasteiger partial charge in [-0.2, -0.15) is 8.42 Å². The van der Waals surface area contributed by atoms with Crippen LogP contribution in [0.1, 0.15) is 11.3 Å². The van der Waals surface area contributed by atoms with E-state index in [0.717, 1.165) is 11.8 Å². The summed E-state index contributed by atoms with van der Waals surface area (Å²) in [5.74, 6) is 0.191. The molecule has 3 rings (SSSR count). The van der Waals surface area contributed by atoms with Crippen molar-refractivity contribution < 1.29 is 26.2 Å². The first kappa shape index (κ1) is 20.4. The molecule has 1 N–H and O–H groups in total. The molecule has 0 saturated heterocycles. The molecule has 0 saturated carbocycles. The predicted molar refractivity (Wildman–Crippen MR) is 105 cm³/mol. The summed E-state index contributed by atoms with van der Waals surface area (Å²) in [5, 5.41) is 2.55. The number of nitrogens with one attached hydrogen (secondary N) is 1. The van der Waals surface area contributed by atoms with E-state index in [4.69, 9.17) is 8.60 Å². The van der Waals surface area contributed by atoms with Gasteiger partial charge in [0.2, 0.25) is 0 Å². The van der Waals surface area contributed by atoms with Gasteiger partial charge in [0.25, 0.3) is 0 Å². The second kappa shape index (κ2) is 8.78. The molecule has 0 aliphatic rings. The molecular weight excluding hydrogens is 399 g/mol. The van der Waals surface area contributed by atoms with Crippen LogP contribution in [0, 0.1) is 5.82 Å². The van der Waals surface area contributed by atoms with Crippen molar-refractivity contribution in [2.24, 2.45) is 0 Å². The van der Waals surface area contributed by atoms with Crippen LogP contribution < -0.4 is 9.50 Å². The van der Waals surface area contributed by atoms with E-state index >= 15 is 0 Å². The summed E-state index contributed by atoms with van der Waals surface area (Å²) < 4.78 is 46.4. The third kappa shape index (κ3) is 6.08. The van der Waals surface area contributed by atoms with E-state index in [-0.39, 0.29) is 24.5 Å². The van der Waals surface area contributed by atoms with Crippen molar-refractivity contribution in [3.05, 3.63) is 84.1 Å². The van der Waals surface area contributed by atoms with Crippen LogP contribution in [0.25, 0.3) is 0 Å². The minimum absolute atomic E-state index is 0.0684. The molecule has 0 unspecified atom stereocenters. The van der Waals surface area contributed by atoms with Gasteiger partial charge in [0.1, 0.15) is 17.3 Å². The van der Waals surface area contributed by atoms with Crippen LogP contribution >= 0.6 is 0 Å². The van der Waals surface area contributed by atoms with Crippen LogP contribution in [0.15, 0.2) is 71.3 Å². The van der Waals surface area contributed by atoms with Crippen molar-refractivity contribution in [2.45, 2.75) is 13.1 Å². The number of amides is 2. The van der Waals surface area contributed by atoms with Crippen LogP contribution in [0.4, 0.5) is 14.9 Å². The van der Waals surface area contributed by atoms with Crippen LogP contribution in [0.3, 0.4) is 0 Å². The minimum Gasteiger partial charge on any atom is -0.467 e. The summed E-state index contributed by atoms with van der Waals surface area (Å²) in [5.41, 5.74) is 0.792. The molecule has 0 atom stereocenters. The van der Waals surface area contributed by atoms with Crippen LogP contribution in [-0.4, -0.2) is 25.6 Å². The molecule has 7 nitrogen and oxygen atoms in total. The van der Waals surface area contributed by atoms with E-state index in [0.29, 0.717) is 5.76 Å². The maximum atomic E-state index is 13.9. The predicted octanol–water partition coefficient (Wildman–Crippen LogP) is 3.99. The second-order valence-corrected chi connectivity index (χ2v) is 7.85. The quantitative estimate of drug-likeness (QED) is 0.586. The lowest BCUT2D eigenvalue weighted by Gasteiger charge is -2.22. The zero-order valence-corrected chi connectivity index (χ0v) is 16.4. The average Bonchev–Trinajstić information content (AvgIpc) is 3.16. The number of hydrogen-bond acceptors (Lipinski definition) is 5. The standard InChI is InChI=1S/C20H19FN2O5S/c1-29(25,26)28-16-10-8-15(9-11-16)13-23(14-17-5-4-12-27-17)20(24)22-19-7-3-2-6-18(19)21/h2-12H,13-14H2,1H3,(H,22,24). The van der Waals surface area contributed by atoms with E-state index in [1.807, 2.05) is 0 Å². The van der Waals surface area contributed by atoms with Gasteiger partial charge in [0, 0.05) is 6.54 Å². The number of rotatable bonds is 7. The maximum absolute atomic E-state index is 13.9. The number of hydrogen-bond donors (Lipinski definition) is 1. The molecule has 0 bridgehead atoms. The fourth-order valence-corrected chi connectivity index (χ4v) is 3.05. The number of halogens is 1. The Morgan fingerprint density at radius 3 is 2.41 bits per heavy atom. The Bertz CT molecular complexity index is 1070. The van der Waals surface area contributed by atoms with Crippen LogP contribution in [-0.2, 0) is 23.2 Å². The highest BCUT2D eigenvalue weighted by Crippen LogP contribution is 2.19.